The lowest BCUT2D eigenvalue weighted by molar-refractivity contribution is 0.459. The molecule has 1 aliphatic heterocycles. The zero-order valence-electron chi connectivity index (χ0n) is 13.7. The van der Waals surface area contributed by atoms with Crippen molar-refractivity contribution >= 4 is 31.6 Å². The Morgan fingerprint density at radius 1 is 1.39 bits per heavy atom. The van der Waals surface area contributed by atoms with Gasteiger partial charge < -0.3 is 5.73 Å². The maximum absolute atomic E-state index is 12.8. The number of nitrogens with two attached hydrogens (primary N) is 1. The number of fused-ring (bicyclic) bond motifs is 1. The fourth-order valence-corrected chi connectivity index (χ4v) is 5.44. The summed E-state index contributed by atoms with van der Waals surface area (Å²) < 4.78 is 28.1. The molecular formula is C16H23N3O2S2. The van der Waals surface area contributed by atoms with E-state index in [1.54, 1.807) is 27.8 Å². The first-order valence-electron chi connectivity index (χ1n) is 7.83. The van der Waals surface area contributed by atoms with Gasteiger partial charge in [0.05, 0.1) is 20.1 Å². The van der Waals surface area contributed by atoms with E-state index in [4.69, 9.17) is 5.73 Å². The number of hydrogen-bond acceptors (Lipinski definition) is 5. The van der Waals surface area contributed by atoms with Crippen molar-refractivity contribution in [3.63, 3.8) is 0 Å². The average Bonchev–Trinajstić information content (AvgIpc) is 3.12. The van der Waals surface area contributed by atoms with Gasteiger partial charge in [0.25, 0.3) is 0 Å². The molecule has 0 radical (unpaired) electrons. The van der Waals surface area contributed by atoms with Gasteiger partial charge >= 0.3 is 0 Å². The van der Waals surface area contributed by atoms with Crippen LogP contribution < -0.4 is 5.73 Å². The predicted octanol–water partition coefficient (Wildman–Crippen LogP) is 2.56. The lowest BCUT2D eigenvalue weighted by atomic mass is 9.98. The van der Waals surface area contributed by atoms with Crippen LogP contribution in [0.2, 0.25) is 0 Å². The molecule has 2 heterocycles. The highest BCUT2D eigenvalue weighted by molar-refractivity contribution is 7.89. The molecule has 0 amide bonds. The zero-order chi connectivity index (χ0) is 16.8. The van der Waals surface area contributed by atoms with Crippen molar-refractivity contribution in [3.05, 3.63) is 23.2 Å². The summed E-state index contributed by atoms with van der Waals surface area (Å²) in [5.74, 6) is 0.268. The van der Waals surface area contributed by atoms with Crippen LogP contribution >= 0.6 is 11.3 Å². The van der Waals surface area contributed by atoms with Crippen LogP contribution in [0.1, 0.15) is 32.2 Å². The minimum Gasteiger partial charge on any atom is -0.330 e. The van der Waals surface area contributed by atoms with E-state index in [0.717, 1.165) is 21.6 Å². The van der Waals surface area contributed by atoms with Gasteiger partial charge in [0, 0.05) is 18.5 Å². The van der Waals surface area contributed by atoms with Crippen molar-refractivity contribution in [1.29, 1.82) is 0 Å². The Labute approximate surface area is 141 Å². The molecule has 1 aromatic heterocycles. The van der Waals surface area contributed by atoms with E-state index in [0.29, 0.717) is 24.5 Å². The van der Waals surface area contributed by atoms with Crippen LogP contribution in [0.3, 0.4) is 0 Å². The highest BCUT2D eigenvalue weighted by Gasteiger charge is 2.32. The third-order valence-corrected chi connectivity index (χ3v) is 7.53. The largest absolute Gasteiger partial charge is 0.330 e. The summed E-state index contributed by atoms with van der Waals surface area (Å²) in [5, 5.41) is 1.02. The number of thiazole rings is 1. The van der Waals surface area contributed by atoms with Crippen molar-refractivity contribution in [2.75, 3.05) is 19.6 Å². The second-order valence-corrected chi connectivity index (χ2v) is 10.1. The van der Waals surface area contributed by atoms with Gasteiger partial charge in [0.2, 0.25) is 10.0 Å². The lowest BCUT2D eigenvalue weighted by Crippen LogP contribution is -2.29. The molecule has 0 spiro atoms. The lowest BCUT2D eigenvalue weighted by Gasteiger charge is -2.16. The van der Waals surface area contributed by atoms with E-state index in [1.165, 1.54) is 0 Å². The molecule has 0 saturated carbocycles. The molecule has 2 aromatic rings. The fraction of sp³-hybridized carbons (Fsp3) is 0.562. The van der Waals surface area contributed by atoms with Crippen LogP contribution in [-0.2, 0) is 15.4 Å². The minimum absolute atomic E-state index is 0.0357. The SMILES string of the molecule is CC(C)(C)c1nc2ccc(S(=O)(=O)N3CCC(CN)C3)cc2s1. The fourth-order valence-electron chi connectivity index (χ4n) is 2.74. The number of hydrogen-bond donors (Lipinski definition) is 1. The molecule has 1 aliphatic rings. The standard InChI is InChI=1S/C16H23N3O2S2/c1-16(2,3)15-18-13-5-4-12(8-14(13)22-15)23(20,21)19-7-6-11(9-17)10-19/h4-5,8,11H,6-7,9-10,17H2,1-3H3. The number of rotatable bonds is 3. The van der Waals surface area contributed by atoms with Crippen molar-refractivity contribution in [2.45, 2.75) is 37.5 Å². The van der Waals surface area contributed by atoms with Gasteiger partial charge in [-0.1, -0.05) is 20.8 Å². The summed E-state index contributed by atoms with van der Waals surface area (Å²) in [5.41, 5.74) is 6.49. The van der Waals surface area contributed by atoms with E-state index < -0.39 is 10.0 Å². The topological polar surface area (TPSA) is 76.3 Å². The Bertz CT molecular complexity index is 821. The molecule has 5 nitrogen and oxygen atoms in total. The van der Waals surface area contributed by atoms with Gasteiger partial charge in [-0.05, 0) is 37.1 Å². The van der Waals surface area contributed by atoms with Crippen molar-refractivity contribution in [1.82, 2.24) is 9.29 Å². The van der Waals surface area contributed by atoms with Crippen molar-refractivity contribution in [3.8, 4) is 0 Å². The molecular weight excluding hydrogens is 330 g/mol. The Kier molecular flexibility index (Phi) is 4.25. The number of benzene rings is 1. The van der Waals surface area contributed by atoms with Gasteiger partial charge in [-0.25, -0.2) is 13.4 Å². The molecule has 3 rings (SSSR count). The molecule has 7 heteroatoms. The molecule has 0 aliphatic carbocycles. The van der Waals surface area contributed by atoms with Gasteiger partial charge in [0.1, 0.15) is 0 Å². The first-order valence-corrected chi connectivity index (χ1v) is 10.1. The average molecular weight is 354 g/mol. The third-order valence-electron chi connectivity index (χ3n) is 4.22. The van der Waals surface area contributed by atoms with Crippen LogP contribution in [0.5, 0.6) is 0 Å². The minimum atomic E-state index is -3.44. The summed E-state index contributed by atoms with van der Waals surface area (Å²) in [6, 6.07) is 5.23. The summed E-state index contributed by atoms with van der Waals surface area (Å²) >= 11 is 1.57. The molecule has 1 atom stereocenters. The summed E-state index contributed by atoms with van der Waals surface area (Å²) in [6.45, 7) is 7.94. The molecule has 23 heavy (non-hydrogen) atoms. The van der Waals surface area contributed by atoms with Gasteiger partial charge in [-0.3, -0.25) is 0 Å². The Morgan fingerprint density at radius 3 is 2.74 bits per heavy atom. The zero-order valence-corrected chi connectivity index (χ0v) is 15.4. The molecule has 126 valence electrons. The number of nitrogens with zero attached hydrogens (tertiary/aromatic N) is 2. The first kappa shape index (κ1) is 16.8. The van der Waals surface area contributed by atoms with E-state index in [9.17, 15) is 8.42 Å². The van der Waals surface area contributed by atoms with Gasteiger partial charge in [-0.2, -0.15) is 4.31 Å². The van der Waals surface area contributed by atoms with Crippen LogP contribution in [-0.4, -0.2) is 37.3 Å². The maximum atomic E-state index is 12.8. The third kappa shape index (κ3) is 3.15. The quantitative estimate of drug-likeness (QED) is 0.920. The highest BCUT2D eigenvalue weighted by Crippen LogP contribution is 2.33. The molecule has 1 aromatic carbocycles. The Morgan fingerprint density at radius 2 is 2.13 bits per heavy atom. The number of sulfonamides is 1. The monoisotopic (exact) mass is 353 g/mol. The molecule has 1 unspecified atom stereocenters. The van der Waals surface area contributed by atoms with Crippen LogP contribution in [0.4, 0.5) is 0 Å². The second kappa shape index (κ2) is 5.81. The summed E-state index contributed by atoms with van der Waals surface area (Å²) in [4.78, 5) is 4.98. The summed E-state index contributed by atoms with van der Waals surface area (Å²) in [7, 11) is -3.44. The van der Waals surface area contributed by atoms with Crippen molar-refractivity contribution in [2.24, 2.45) is 11.7 Å². The van der Waals surface area contributed by atoms with Crippen LogP contribution in [0.25, 0.3) is 10.2 Å². The molecule has 1 fully saturated rings. The van der Waals surface area contributed by atoms with E-state index in [2.05, 4.69) is 25.8 Å². The van der Waals surface area contributed by atoms with Gasteiger partial charge in [0.15, 0.2) is 0 Å². The Hall–Kier alpha value is -1.02. The predicted molar refractivity (Wildman–Crippen MR) is 94.2 cm³/mol. The molecule has 2 N–H and O–H groups in total. The van der Waals surface area contributed by atoms with Gasteiger partial charge in [-0.15, -0.1) is 11.3 Å². The highest BCUT2D eigenvalue weighted by atomic mass is 32.2. The smallest absolute Gasteiger partial charge is 0.243 e. The van der Waals surface area contributed by atoms with E-state index in [1.807, 2.05) is 6.07 Å². The second-order valence-electron chi connectivity index (χ2n) is 7.15. The van der Waals surface area contributed by atoms with E-state index in [-0.39, 0.29) is 11.3 Å². The summed E-state index contributed by atoms with van der Waals surface area (Å²) in [6.07, 6.45) is 0.840. The van der Waals surface area contributed by atoms with Crippen LogP contribution in [0.15, 0.2) is 23.1 Å². The first-order chi connectivity index (χ1) is 10.7. The normalized spacial score (nSPS) is 20.4. The van der Waals surface area contributed by atoms with Crippen molar-refractivity contribution < 1.29 is 8.42 Å². The van der Waals surface area contributed by atoms with E-state index >= 15 is 0 Å². The van der Waals surface area contributed by atoms with Crippen LogP contribution in [0, 0.1) is 5.92 Å². The Balaban J connectivity index is 1.97. The molecule has 0 bridgehead atoms. The molecule has 1 saturated heterocycles. The maximum Gasteiger partial charge on any atom is 0.243 e. The number of aromatic nitrogens is 1.